The monoisotopic (exact) mass is 494 g/mol. The van der Waals surface area contributed by atoms with Crippen molar-refractivity contribution in [1.29, 1.82) is 0 Å². The molecule has 0 aliphatic carbocycles. The molecule has 0 unspecified atom stereocenters. The number of hydrogen-bond donors (Lipinski definition) is 3. The maximum Gasteiger partial charge on any atom is 0.257 e. The van der Waals surface area contributed by atoms with Gasteiger partial charge in [0.05, 0.1) is 22.0 Å². The van der Waals surface area contributed by atoms with Gasteiger partial charge in [-0.1, -0.05) is 24.3 Å². The van der Waals surface area contributed by atoms with Gasteiger partial charge < -0.3 is 20.4 Å². The minimum Gasteiger partial charge on any atom is -0.384 e. The SMILES string of the molecule is Nc1c(C(=O)NC[C@H]2CCCO2)c2nc3ccccc3nc2n1CCc1ccc(S(N)(=O)=O)cc1. The van der Waals surface area contributed by atoms with E-state index in [9.17, 15) is 13.2 Å². The summed E-state index contributed by atoms with van der Waals surface area (Å²) in [6, 6.07) is 13.8. The second-order valence-corrected chi connectivity index (χ2v) is 10.1. The van der Waals surface area contributed by atoms with Crippen molar-refractivity contribution in [3.05, 3.63) is 59.7 Å². The summed E-state index contributed by atoms with van der Waals surface area (Å²) in [5.41, 5.74) is 10.0. The molecule has 1 atom stereocenters. The van der Waals surface area contributed by atoms with E-state index in [1.54, 1.807) is 16.7 Å². The zero-order valence-corrected chi connectivity index (χ0v) is 19.8. The summed E-state index contributed by atoms with van der Waals surface area (Å²) < 4.78 is 30.4. The van der Waals surface area contributed by atoms with E-state index in [2.05, 4.69) is 5.32 Å². The minimum absolute atomic E-state index is 0.000690. The third kappa shape index (κ3) is 4.70. The largest absolute Gasteiger partial charge is 0.384 e. The van der Waals surface area contributed by atoms with Crippen molar-refractivity contribution in [1.82, 2.24) is 19.9 Å². The van der Waals surface area contributed by atoms with E-state index in [1.807, 2.05) is 24.3 Å². The molecule has 1 aliphatic rings. The molecule has 2 aromatic carbocycles. The number of aryl methyl sites for hydroxylation is 2. The van der Waals surface area contributed by atoms with Crippen molar-refractivity contribution in [2.24, 2.45) is 5.14 Å². The molecule has 11 heteroatoms. The predicted molar refractivity (Wildman–Crippen MR) is 132 cm³/mol. The number of rotatable bonds is 7. The summed E-state index contributed by atoms with van der Waals surface area (Å²) in [4.78, 5) is 22.7. The molecule has 10 nitrogen and oxygen atoms in total. The van der Waals surface area contributed by atoms with Gasteiger partial charge in [0.1, 0.15) is 16.9 Å². The number of amides is 1. The maximum atomic E-state index is 13.2. The first kappa shape index (κ1) is 23.2. The highest BCUT2D eigenvalue weighted by Crippen LogP contribution is 2.28. The fourth-order valence-electron chi connectivity index (χ4n) is 4.35. The number of para-hydroxylation sites is 2. The molecule has 5 N–H and O–H groups in total. The van der Waals surface area contributed by atoms with Crippen LogP contribution in [0.3, 0.4) is 0 Å². The van der Waals surface area contributed by atoms with Gasteiger partial charge in [0.15, 0.2) is 5.65 Å². The Labute approximate surface area is 202 Å². The van der Waals surface area contributed by atoms with E-state index >= 15 is 0 Å². The topological polar surface area (TPSA) is 155 Å². The van der Waals surface area contributed by atoms with Crippen LogP contribution in [-0.2, 0) is 27.7 Å². The van der Waals surface area contributed by atoms with Crippen LogP contribution in [0.5, 0.6) is 0 Å². The molecule has 0 radical (unpaired) electrons. The van der Waals surface area contributed by atoms with Gasteiger partial charge in [-0.25, -0.2) is 23.5 Å². The first-order chi connectivity index (χ1) is 16.8. The van der Waals surface area contributed by atoms with Gasteiger partial charge in [0.2, 0.25) is 10.0 Å². The Balaban J connectivity index is 1.49. The molecule has 1 aliphatic heterocycles. The molecule has 0 spiro atoms. The number of nitrogen functional groups attached to an aromatic ring is 1. The number of nitrogens with zero attached hydrogens (tertiary/aromatic N) is 3. The summed E-state index contributed by atoms with van der Waals surface area (Å²) in [5, 5.41) is 8.12. The fraction of sp³-hybridized carbons (Fsp3) is 0.292. The van der Waals surface area contributed by atoms with Crippen LogP contribution in [-0.4, -0.2) is 48.1 Å². The predicted octanol–water partition coefficient (Wildman–Crippen LogP) is 1.97. The Bertz CT molecular complexity index is 1510. The van der Waals surface area contributed by atoms with E-state index in [4.69, 9.17) is 25.6 Å². The molecule has 2 aromatic heterocycles. The van der Waals surface area contributed by atoms with E-state index in [0.717, 1.165) is 18.4 Å². The standard InChI is InChI=1S/C24H26N6O4S/c25-22-20(24(31)27-14-16-4-3-13-34-16)21-23(29-19-6-2-1-5-18(19)28-21)30(22)12-11-15-7-9-17(10-8-15)35(26,32)33/h1-2,5-10,16H,3-4,11-14,25H2,(H,27,31)(H2,26,32,33)/t16-/m1/s1. The van der Waals surface area contributed by atoms with Gasteiger partial charge in [-0.05, 0) is 49.1 Å². The van der Waals surface area contributed by atoms with Crippen LogP contribution in [0.2, 0.25) is 0 Å². The van der Waals surface area contributed by atoms with Gasteiger partial charge in [-0.3, -0.25) is 4.79 Å². The first-order valence-electron chi connectivity index (χ1n) is 11.4. The van der Waals surface area contributed by atoms with E-state index < -0.39 is 10.0 Å². The lowest BCUT2D eigenvalue weighted by molar-refractivity contribution is 0.0859. The molecule has 3 heterocycles. The number of fused-ring (bicyclic) bond motifs is 2. The molecule has 0 bridgehead atoms. The Morgan fingerprint density at radius 2 is 1.83 bits per heavy atom. The Morgan fingerprint density at radius 3 is 2.49 bits per heavy atom. The number of benzene rings is 2. The lowest BCUT2D eigenvalue weighted by Gasteiger charge is -2.11. The fourth-order valence-corrected chi connectivity index (χ4v) is 4.87. The smallest absolute Gasteiger partial charge is 0.257 e. The van der Waals surface area contributed by atoms with Crippen LogP contribution in [0.25, 0.3) is 22.2 Å². The maximum absolute atomic E-state index is 13.2. The third-order valence-corrected chi connectivity index (χ3v) is 7.14. The van der Waals surface area contributed by atoms with Gasteiger partial charge >= 0.3 is 0 Å². The number of carbonyl (C=O) groups is 1. The number of nitrogens with one attached hydrogen (secondary N) is 1. The summed E-state index contributed by atoms with van der Waals surface area (Å²) >= 11 is 0. The van der Waals surface area contributed by atoms with Crippen molar-refractivity contribution < 1.29 is 17.9 Å². The van der Waals surface area contributed by atoms with E-state index in [0.29, 0.717) is 53.9 Å². The van der Waals surface area contributed by atoms with Crippen LogP contribution in [0.15, 0.2) is 53.4 Å². The number of aromatic nitrogens is 3. The molecule has 35 heavy (non-hydrogen) atoms. The highest BCUT2D eigenvalue weighted by atomic mass is 32.2. The summed E-state index contributed by atoms with van der Waals surface area (Å²) in [6.45, 7) is 1.53. The second-order valence-electron chi connectivity index (χ2n) is 8.58. The number of carbonyl (C=O) groups excluding carboxylic acids is 1. The zero-order chi connectivity index (χ0) is 24.6. The minimum atomic E-state index is -3.76. The normalized spacial score (nSPS) is 16.2. The van der Waals surface area contributed by atoms with Crippen LogP contribution in [0.1, 0.15) is 28.8 Å². The molecular formula is C24H26N6O4S. The number of primary sulfonamides is 1. The molecule has 1 saturated heterocycles. The molecule has 1 fully saturated rings. The van der Waals surface area contributed by atoms with Gasteiger partial charge in [0.25, 0.3) is 5.91 Å². The van der Waals surface area contributed by atoms with Gasteiger partial charge in [-0.15, -0.1) is 0 Å². The quantitative estimate of drug-likeness (QED) is 0.355. The number of sulfonamides is 1. The summed E-state index contributed by atoms with van der Waals surface area (Å²) in [5.74, 6) is -0.0369. The van der Waals surface area contributed by atoms with Gasteiger partial charge in [-0.2, -0.15) is 0 Å². The average molecular weight is 495 g/mol. The Hall–Kier alpha value is -3.54. The van der Waals surface area contributed by atoms with Crippen LogP contribution in [0, 0.1) is 0 Å². The Kier molecular flexibility index (Phi) is 6.13. The van der Waals surface area contributed by atoms with Crippen LogP contribution < -0.4 is 16.2 Å². The van der Waals surface area contributed by atoms with Crippen LogP contribution in [0.4, 0.5) is 5.82 Å². The molecular weight excluding hydrogens is 468 g/mol. The highest BCUT2D eigenvalue weighted by Gasteiger charge is 2.25. The summed E-state index contributed by atoms with van der Waals surface area (Å²) in [7, 11) is -3.76. The number of hydrogen-bond acceptors (Lipinski definition) is 7. The van der Waals surface area contributed by atoms with Crippen molar-refractivity contribution >= 4 is 43.9 Å². The Morgan fingerprint density at radius 1 is 1.11 bits per heavy atom. The number of anilines is 1. The van der Waals surface area contributed by atoms with Crippen molar-refractivity contribution in [3.63, 3.8) is 0 Å². The molecule has 1 amide bonds. The third-order valence-electron chi connectivity index (χ3n) is 6.21. The van der Waals surface area contributed by atoms with Crippen molar-refractivity contribution in [3.8, 4) is 0 Å². The number of ether oxygens (including phenoxy) is 1. The van der Waals surface area contributed by atoms with Crippen LogP contribution >= 0.6 is 0 Å². The number of nitrogens with two attached hydrogens (primary N) is 2. The molecule has 5 rings (SSSR count). The first-order valence-corrected chi connectivity index (χ1v) is 12.9. The lowest BCUT2D eigenvalue weighted by atomic mass is 10.1. The molecule has 182 valence electrons. The van der Waals surface area contributed by atoms with Crippen molar-refractivity contribution in [2.75, 3.05) is 18.9 Å². The van der Waals surface area contributed by atoms with Crippen molar-refractivity contribution in [2.45, 2.75) is 36.8 Å². The summed E-state index contributed by atoms with van der Waals surface area (Å²) in [6.07, 6.45) is 2.43. The molecule has 4 aromatic rings. The average Bonchev–Trinajstić information content (AvgIpc) is 3.45. The second kappa shape index (κ2) is 9.25. The zero-order valence-electron chi connectivity index (χ0n) is 19.0. The molecule has 0 saturated carbocycles. The highest BCUT2D eigenvalue weighted by molar-refractivity contribution is 7.89. The van der Waals surface area contributed by atoms with E-state index in [-0.39, 0.29) is 22.7 Å². The van der Waals surface area contributed by atoms with Gasteiger partial charge in [0, 0.05) is 19.7 Å². The lowest BCUT2D eigenvalue weighted by Crippen LogP contribution is -2.32. The van der Waals surface area contributed by atoms with E-state index in [1.165, 1.54) is 12.1 Å².